The highest BCUT2D eigenvalue weighted by molar-refractivity contribution is 6.30. The van der Waals surface area contributed by atoms with Crippen LogP contribution in [0.15, 0.2) is 54.9 Å². The number of likely N-dealkylation sites (tertiary alicyclic amines) is 1. The molecule has 2 aliphatic heterocycles. The Morgan fingerprint density at radius 2 is 1.86 bits per heavy atom. The molecule has 2 aliphatic rings. The highest BCUT2D eigenvalue weighted by atomic mass is 35.5. The molecule has 0 bridgehead atoms. The van der Waals surface area contributed by atoms with Gasteiger partial charge in [-0.3, -0.25) is 34.7 Å². The van der Waals surface area contributed by atoms with Crippen LogP contribution in [0.5, 0.6) is 0 Å². The van der Waals surface area contributed by atoms with Crippen molar-refractivity contribution in [3.05, 3.63) is 97.1 Å². The molecule has 0 spiro atoms. The summed E-state index contributed by atoms with van der Waals surface area (Å²) in [4.78, 5) is 71.5. The van der Waals surface area contributed by atoms with Gasteiger partial charge in [0.05, 0.1) is 29.3 Å². The Bertz CT molecular complexity index is 1890. The van der Waals surface area contributed by atoms with Gasteiger partial charge in [0, 0.05) is 47.1 Å². The summed E-state index contributed by atoms with van der Waals surface area (Å²) in [7, 11) is 0. The summed E-state index contributed by atoms with van der Waals surface area (Å²) in [5.74, 6) is -5.85. The number of halogens is 1. The van der Waals surface area contributed by atoms with Gasteiger partial charge in [-0.2, -0.15) is 0 Å². The molecule has 2 aromatic carbocycles. The summed E-state index contributed by atoms with van der Waals surface area (Å²) in [6, 6.07) is 9.66. The number of hydrogen-bond donors (Lipinski definition) is 3. The van der Waals surface area contributed by atoms with Gasteiger partial charge in [-0.05, 0) is 28.7 Å². The Morgan fingerprint density at radius 1 is 1.11 bits per heavy atom. The molecule has 44 heavy (non-hydrogen) atoms. The number of imide groups is 1. The monoisotopic (exact) mass is 621 g/mol. The topological polar surface area (TPSA) is 207 Å². The first-order chi connectivity index (χ1) is 20.9. The Balaban J connectivity index is 1.46. The number of nitro benzene ring substituents is 1. The highest BCUT2D eigenvalue weighted by Crippen LogP contribution is 2.52. The van der Waals surface area contributed by atoms with Crippen LogP contribution in [0, 0.1) is 39.0 Å². The van der Waals surface area contributed by atoms with Crippen molar-refractivity contribution in [2.75, 3.05) is 6.54 Å². The first-order valence-corrected chi connectivity index (χ1v) is 13.8. The van der Waals surface area contributed by atoms with Crippen LogP contribution in [-0.2, 0) is 27.3 Å². The van der Waals surface area contributed by atoms with Gasteiger partial charge in [0.15, 0.2) is 5.82 Å². The third-order valence-electron chi connectivity index (χ3n) is 8.56. The number of H-pyrrole nitrogens is 1. The number of nitro groups is 2. The van der Waals surface area contributed by atoms with Gasteiger partial charge in [0.1, 0.15) is 18.3 Å². The van der Waals surface area contributed by atoms with E-state index in [0.29, 0.717) is 10.9 Å². The van der Waals surface area contributed by atoms with E-state index in [-0.39, 0.29) is 41.7 Å². The highest BCUT2D eigenvalue weighted by Gasteiger charge is 2.69. The number of imidazole rings is 1. The van der Waals surface area contributed by atoms with Gasteiger partial charge >= 0.3 is 11.8 Å². The van der Waals surface area contributed by atoms with E-state index in [9.17, 15) is 39.7 Å². The molecular formula is C28H24ClN7O8. The number of fused-ring (bicyclic) bond motifs is 2. The van der Waals surface area contributed by atoms with Gasteiger partial charge in [0.2, 0.25) is 11.8 Å². The molecule has 4 aromatic rings. The van der Waals surface area contributed by atoms with Crippen molar-refractivity contribution < 1.29 is 29.3 Å². The van der Waals surface area contributed by atoms with Crippen molar-refractivity contribution in [3.8, 4) is 0 Å². The average Bonchev–Trinajstić information content (AvgIpc) is 3.71. The van der Waals surface area contributed by atoms with Crippen molar-refractivity contribution in [3.63, 3.8) is 0 Å². The summed E-state index contributed by atoms with van der Waals surface area (Å²) in [5, 5.41) is 38.1. The Kier molecular flexibility index (Phi) is 6.93. The van der Waals surface area contributed by atoms with E-state index in [0.717, 1.165) is 22.7 Å². The van der Waals surface area contributed by atoms with Crippen LogP contribution in [0.25, 0.3) is 10.9 Å². The second kappa shape index (κ2) is 10.5. The number of nitrogens with zero attached hydrogens (tertiary/aromatic N) is 5. The van der Waals surface area contributed by atoms with Crippen molar-refractivity contribution >= 4 is 51.8 Å². The zero-order valence-corrected chi connectivity index (χ0v) is 23.7. The number of carboxylic acid groups (broad SMARTS) is 1. The van der Waals surface area contributed by atoms with E-state index in [1.165, 1.54) is 23.6 Å². The predicted octanol–water partition coefficient (Wildman–Crippen LogP) is 3.15. The summed E-state index contributed by atoms with van der Waals surface area (Å²) in [6.45, 7) is 1.05. The third kappa shape index (κ3) is 4.39. The molecule has 2 aromatic heterocycles. The zero-order valence-electron chi connectivity index (χ0n) is 23.0. The van der Waals surface area contributed by atoms with E-state index in [1.54, 1.807) is 30.5 Å². The van der Waals surface area contributed by atoms with Crippen molar-refractivity contribution in [1.82, 2.24) is 24.8 Å². The number of rotatable bonds is 9. The van der Waals surface area contributed by atoms with Crippen LogP contribution in [-0.4, -0.2) is 64.3 Å². The summed E-state index contributed by atoms with van der Waals surface area (Å²) in [5.41, 5.74) is -1.22. The number of benzene rings is 2. The molecular weight excluding hydrogens is 598 g/mol. The van der Waals surface area contributed by atoms with E-state index in [2.05, 4.69) is 15.3 Å². The molecule has 6 rings (SSSR count). The predicted molar refractivity (Wildman–Crippen MR) is 154 cm³/mol. The van der Waals surface area contributed by atoms with Gasteiger partial charge in [-0.25, -0.2) is 9.55 Å². The van der Waals surface area contributed by atoms with Crippen LogP contribution in [0.4, 0.5) is 11.5 Å². The average molecular weight is 622 g/mol. The minimum Gasteiger partial charge on any atom is -0.480 e. The minimum atomic E-state index is -2.06. The maximum Gasteiger partial charge on any atom is 0.342 e. The second-order valence-electron chi connectivity index (χ2n) is 10.8. The van der Waals surface area contributed by atoms with Gasteiger partial charge < -0.3 is 20.2 Å². The van der Waals surface area contributed by atoms with Crippen molar-refractivity contribution in [2.45, 2.75) is 31.5 Å². The number of aromatic amines is 1. The molecule has 4 heterocycles. The number of aliphatic carboxylic acids is 1. The molecule has 2 fully saturated rings. The zero-order chi connectivity index (χ0) is 31.5. The lowest BCUT2D eigenvalue weighted by Gasteiger charge is -2.31. The molecule has 4 atom stereocenters. The van der Waals surface area contributed by atoms with Crippen LogP contribution in [0.3, 0.4) is 0 Å². The number of hydrogen-bond acceptors (Lipinski definition) is 9. The summed E-state index contributed by atoms with van der Waals surface area (Å²) >= 11 is 6.22. The Hall–Kier alpha value is -5.15. The minimum absolute atomic E-state index is 0.0383. The number of aryl methyl sites for hydroxylation is 1. The standard InChI is InChI=1S/C28H24ClN7O8/c1-14-30-13-21(36(43)44)33(14)8-9-34-25(37)22-23(26(34)38)28(27(39)40,11-15-12-31-19-5-3-2-4-17(15)19)32-24(22)18-10-16(29)6-7-20(18)35(41)42/h2-7,10,12-13,22-24,31-32H,8-9,11H2,1H3,(H,39,40). The molecule has 16 heteroatoms. The largest absolute Gasteiger partial charge is 0.480 e. The molecule has 0 aliphatic carbocycles. The van der Waals surface area contributed by atoms with Gasteiger partial charge in [-0.15, -0.1) is 0 Å². The lowest BCUT2D eigenvalue weighted by molar-refractivity contribution is -0.392. The number of para-hydroxylation sites is 1. The summed E-state index contributed by atoms with van der Waals surface area (Å²) < 4.78 is 1.24. The van der Waals surface area contributed by atoms with Gasteiger partial charge in [0.25, 0.3) is 5.69 Å². The van der Waals surface area contributed by atoms with E-state index < -0.39 is 56.7 Å². The molecule has 15 nitrogen and oxygen atoms in total. The van der Waals surface area contributed by atoms with Gasteiger partial charge in [-0.1, -0.05) is 29.8 Å². The number of aromatic nitrogens is 3. The molecule has 4 unspecified atom stereocenters. The fourth-order valence-electron chi connectivity index (χ4n) is 6.58. The van der Waals surface area contributed by atoms with Crippen LogP contribution >= 0.6 is 11.6 Å². The maximum absolute atomic E-state index is 14.1. The molecule has 0 saturated carbocycles. The molecule has 2 saturated heterocycles. The number of carbonyl (C=O) groups is 3. The molecule has 0 radical (unpaired) electrons. The van der Waals surface area contributed by atoms with E-state index in [4.69, 9.17) is 11.6 Å². The third-order valence-corrected chi connectivity index (χ3v) is 8.80. The number of nitrogens with one attached hydrogen (secondary N) is 2. The maximum atomic E-state index is 14.1. The second-order valence-corrected chi connectivity index (χ2v) is 11.2. The molecule has 226 valence electrons. The first-order valence-electron chi connectivity index (χ1n) is 13.5. The fourth-order valence-corrected chi connectivity index (χ4v) is 6.76. The molecule has 3 N–H and O–H groups in total. The van der Waals surface area contributed by atoms with E-state index in [1.807, 2.05) is 0 Å². The van der Waals surface area contributed by atoms with E-state index >= 15 is 0 Å². The Morgan fingerprint density at radius 3 is 2.57 bits per heavy atom. The lowest BCUT2D eigenvalue weighted by atomic mass is 9.76. The fraction of sp³-hybridized carbons (Fsp3) is 0.286. The SMILES string of the molecule is Cc1ncc([N+](=O)[O-])n1CCN1C(=O)C2C(c3cc(Cl)ccc3[N+](=O)[O-])NC(Cc3c[nH]c4ccccc34)(C(=O)O)C2C1=O. The summed E-state index contributed by atoms with van der Waals surface area (Å²) in [6.07, 6.45) is 2.45. The van der Waals surface area contributed by atoms with Crippen LogP contribution in [0.2, 0.25) is 5.02 Å². The quantitative estimate of drug-likeness (QED) is 0.141. The molecule has 2 amide bonds. The van der Waals surface area contributed by atoms with Crippen molar-refractivity contribution in [1.29, 1.82) is 0 Å². The Labute approximate surface area is 252 Å². The first kappa shape index (κ1) is 28.9. The van der Waals surface area contributed by atoms with Crippen LogP contribution < -0.4 is 5.32 Å². The number of carboxylic acids is 1. The van der Waals surface area contributed by atoms with Crippen molar-refractivity contribution in [2.24, 2.45) is 11.8 Å². The lowest BCUT2D eigenvalue weighted by Crippen LogP contribution is -2.57. The van der Waals surface area contributed by atoms with Crippen LogP contribution in [0.1, 0.15) is 23.0 Å². The smallest absolute Gasteiger partial charge is 0.342 e. The number of amides is 2. The number of carbonyl (C=O) groups excluding carboxylic acids is 2. The normalized spacial score (nSPS) is 23.0.